The number of rotatable bonds is 39. The van der Waals surface area contributed by atoms with Crippen LogP contribution in [0.3, 0.4) is 0 Å². The Labute approximate surface area is 427 Å². The second kappa shape index (κ2) is 33.4. The average Bonchev–Trinajstić information content (AvgIpc) is 3.69. The first-order valence-electron chi connectivity index (χ1n) is 30.5. The molecule has 69 heavy (non-hydrogen) atoms. The van der Waals surface area contributed by atoms with Crippen LogP contribution in [0.2, 0.25) is 0 Å². The van der Waals surface area contributed by atoms with Crippen LogP contribution >= 0.6 is 0 Å². The number of carbonyl (C=O) groups is 2. The molecule has 0 heterocycles. The van der Waals surface area contributed by atoms with Crippen LogP contribution in [0, 0.1) is 46.3 Å². The van der Waals surface area contributed by atoms with E-state index in [-0.39, 0.29) is 29.7 Å². The summed E-state index contributed by atoms with van der Waals surface area (Å²) in [5.41, 5.74) is 2.39. The molecular weight excluding hydrogens is 853 g/mol. The van der Waals surface area contributed by atoms with Crippen LogP contribution < -0.4 is 0 Å². The zero-order valence-electron chi connectivity index (χ0n) is 47.2. The molecule has 7 nitrogen and oxygen atoms in total. The van der Waals surface area contributed by atoms with Gasteiger partial charge in [0, 0.05) is 45.6 Å². The van der Waals surface area contributed by atoms with Gasteiger partial charge < -0.3 is 24.0 Å². The number of hydrogen-bond acceptors (Lipinski definition) is 6. The van der Waals surface area contributed by atoms with Gasteiger partial charge in [0.15, 0.2) is 6.29 Å². The van der Waals surface area contributed by atoms with Crippen LogP contribution in [-0.2, 0) is 23.8 Å². The van der Waals surface area contributed by atoms with Gasteiger partial charge in [-0.1, -0.05) is 164 Å². The number of unbranched alkanes of at least 4 members (excludes halogenated alkanes) is 13. The molecule has 0 aromatic carbocycles. The van der Waals surface area contributed by atoms with Crippen LogP contribution in [0.15, 0.2) is 11.6 Å². The van der Waals surface area contributed by atoms with E-state index in [1.165, 1.54) is 116 Å². The Morgan fingerprint density at radius 2 is 1.28 bits per heavy atom. The van der Waals surface area contributed by atoms with Gasteiger partial charge in [-0.15, -0.1) is 0 Å². The lowest BCUT2D eigenvalue weighted by atomic mass is 9.47. The van der Waals surface area contributed by atoms with Crippen molar-refractivity contribution in [1.29, 1.82) is 0 Å². The number of fused-ring (bicyclic) bond motifs is 5. The fraction of sp³-hybridized carbons (Fsp3) is 0.935. The smallest absolute Gasteiger partial charge is 0.306 e. The van der Waals surface area contributed by atoms with E-state index >= 15 is 0 Å². The van der Waals surface area contributed by atoms with E-state index in [1.807, 2.05) is 0 Å². The highest BCUT2D eigenvalue weighted by atomic mass is 16.7. The average molecular weight is 968 g/mol. The first-order valence-corrected chi connectivity index (χ1v) is 30.5. The summed E-state index contributed by atoms with van der Waals surface area (Å²) in [7, 11) is 0. The largest absolute Gasteiger partial charge is 0.462 e. The molecule has 4 rings (SSSR count). The van der Waals surface area contributed by atoms with Crippen LogP contribution in [0.25, 0.3) is 0 Å². The molecule has 0 N–H and O–H groups in total. The first kappa shape index (κ1) is 60.1. The topological polar surface area (TPSA) is 68.3 Å². The van der Waals surface area contributed by atoms with Gasteiger partial charge in [0.2, 0.25) is 5.91 Å². The first-order chi connectivity index (χ1) is 33.4. The molecule has 8 atom stereocenters. The lowest BCUT2D eigenvalue weighted by Gasteiger charge is -2.58. The van der Waals surface area contributed by atoms with Crippen molar-refractivity contribution in [2.45, 2.75) is 280 Å². The van der Waals surface area contributed by atoms with E-state index in [1.54, 1.807) is 5.57 Å². The minimum Gasteiger partial charge on any atom is -0.462 e. The lowest BCUT2D eigenvalue weighted by molar-refractivity contribution is -0.151. The Hall–Kier alpha value is -1.44. The second-order valence-corrected chi connectivity index (χ2v) is 24.2. The van der Waals surface area contributed by atoms with Gasteiger partial charge in [-0.3, -0.25) is 9.59 Å². The van der Waals surface area contributed by atoms with E-state index in [9.17, 15) is 9.59 Å². The predicted molar refractivity (Wildman–Crippen MR) is 291 cm³/mol. The SMILES string of the molecule is CCCCCCCCOC(CCCCC(=O)N(CCCCCC(=O)OC1CCC2(C)C(=CCC3C2CCC2(C)C(C(C)CCCC(C)C)CCC32)C1)CCCN(CC)CC)OCCCCCCCC. The van der Waals surface area contributed by atoms with Gasteiger partial charge in [0.25, 0.3) is 0 Å². The van der Waals surface area contributed by atoms with Crippen molar-refractivity contribution in [3.05, 3.63) is 11.6 Å². The number of amides is 1. The Morgan fingerprint density at radius 3 is 1.94 bits per heavy atom. The summed E-state index contributed by atoms with van der Waals surface area (Å²) in [6.07, 6.45) is 39.2. The maximum Gasteiger partial charge on any atom is 0.306 e. The molecule has 0 bridgehead atoms. The molecule has 0 saturated heterocycles. The summed E-state index contributed by atoms with van der Waals surface area (Å²) < 4.78 is 18.9. The lowest BCUT2D eigenvalue weighted by Crippen LogP contribution is -2.51. The third kappa shape index (κ3) is 20.1. The number of hydrogen-bond donors (Lipinski definition) is 0. The summed E-state index contributed by atoms with van der Waals surface area (Å²) >= 11 is 0. The standard InChI is InChI=1S/C62H114N2O5/c1-10-14-16-18-20-27-47-67-60(68-48-28-21-19-17-15-11-2)35-25-24-33-58(65)64(46-30-44-63(12-3)13-4)45-26-22-23-34-59(66)69-53-40-42-61(8)52(49-53)36-37-54-56-39-38-55(51(7)32-29-31-50(5)6)62(56,9)43-41-57(54)61/h36,50-51,53-57,60H,10-35,37-49H2,1-9H3. The highest BCUT2D eigenvalue weighted by molar-refractivity contribution is 5.76. The molecule has 0 radical (unpaired) electrons. The maximum atomic E-state index is 13.8. The van der Waals surface area contributed by atoms with Crippen molar-refractivity contribution in [2.75, 3.05) is 45.9 Å². The molecule has 4 aliphatic rings. The molecule has 0 aromatic rings. The van der Waals surface area contributed by atoms with Gasteiger partial charge in [0.1, 0.15) is 6.10 Å². The predicted octanol–water partition coefficient (Wildman–Crippen LogP) is 16.7. The molecule has 3 saturated carbocycles. The minimum atomic E-state index is -0.162. The van der Waals surface area contributed by atoms with Gasteiger partial charge in [0.05, 0.1) is 0 Å². The Balaban J connectivity index is 1.18. The molecule has 0 aromatic heterocycles. The van der Waals surface area contributed by atoms with Crippen molar-refractivity contribution in [2.24, 2.45) is 46.3 Å². The highest BCUT2D eigenvalue weighted by Gasteiger charge is 2.59. The van der Waals surface area contributed by atoms with Crippen LogP contribution in [-0.4, -0.2) is 80.0 Å². The summed E-state index contributed by atoms with van der Waals surface area (Å²) in [4.78, 5) is 31.6. The number of ether oxygens (including phenoxy) is 3. The molecule has 402 valence electrons. The van der Waals surface area contributed by atoms with Crippen molar-refractivity contribution in [1.82, 2.24) is 9.80 Å². The zero-order valence-corrected chi connectivity index (χ0v) is 47.2. The molecule has 1 amide bonds. The fourth-order valence-corrected chi connectivity index (χ4v) is 14.3. The van der Waals surface area contributed by atoms with Crippen LogP contribution in [0.4, 0.5) is 0 Å². The molecule has 0 aliphatic heterocycles. The Bertz CT molecular complexity index is 1390. The van der Waals surface area contributed by atoms with Crippen molar-refractivity contribution in [3.63, 3.8) is 0 Å². The van der Waals surface area contributed by atoms with Crippen molar-refractivity contribution < 1.29 is 23.8 Å². The van der Waals surface area contributed by atoms with Gasteiger partial charge >= 0.3 is 5.97 Å². The normalized spacial score (nSPS) is 26.0. The van der Waals surface area contributed by atoms with Crippen molar-refractivity contribution >= 4 is 11.9 Å². The van der Waals surface area contributed by atoms with Gasteiger partial charge in [-0.05, 0) is 162 Å². The molecule has 7 heteroatoms. The summed E-state index contributed by atoms with van der Waals surface area (Å²) in [5.74, 6) is 5.30. The Kier molecular flexibility index (Phi) is 29.1. The van der Waals surface area contributed by atoms with Gasteiger partial charge in [-0.25, -0.2) is 0 Å². The maximum absolute atomic E-state index is 13.8. The van der Waals surface area contributed by atoms with E-state index in [0.717, 1.165) is 158 Å². The zero-order chi connectivity index (χ0) is 49.9. The third-order valence-electron chi connectivity index (χ3n) is 18.7. The monoisotopic (exact) mass is 967 g/mol. The molecule has 0 spiro atoms. The Morgan fingerprint density at radius 1 is 0.638 bits per heavy atom. The van der Waals surface area contributed by atoms with E-state index in [2.05, 4.69) is 78.2 Å². The molecule has 3 fully saturated rings. The quantitative estimate of drug-likeness (QED) is 0.0265. The van der Waals surface area contributed by atoms with Crippen LogP contribution in [0.5, 0.6) is 0 Å². The van der Waals surface area contributed by atoms with Crippen LogP contribution in [0.1, 0.15) is 268 Å². The number of nitrogens with zero attached hydrogens (tertiary/aromatic N) is 2. The fourth-order valence-electron chi connectivity index (χ4n) is 14.3. The number of allylic oxidation sites excluding steroid dienone is 1. The molecular formula is C62H114N2O5. The molecule has 4 aliphatic carbocycles. The number of carbonyl (C=O) groups excluding carboxylic acids is 2. The summed E-state index contributed by atoms with van der Waals surface area (Å²) in [6.45, 7) is 27.8. The van der Waals surface area contributed by atoms with Crippen molar-refractivity contribution in [3.8, 4) is 0 Å². The summed E-state index contributed by atoms with van der Waals surface area (Å²) in [5, 5.41) is 0. The minimum absolute atomic E-state index is 0.0248. The van der Waals surface area contributed by atoms with E-state index in [4.69, 9.17) is 14.2 Å². The van der Waals surface area contributed by atoms with Gasteiger partial charge in [-0.2, -0.15) is 0 Å². The second-order valence-electron chi connectivity index (χ2n) is 24.2. The van der Waals surface area contributed by atoms with E-state index in [0.29, 0.717) is 18.3 Å². The highest BCUT2D eigenvalue weighted by Crippen LogP contribution is 2.67. The molecule has 8 unspecified atom stereocenters. The third-order valence-corrected chi connectivity index (χ3v) is 18.7. The summed E-state index contributed by atoms with van der Waals surface area (Å²) in [6, 6.07) is 0. The van der Waals surface area contributed by atoms with E-state index < -0.39 is 0 Å². The number of esters is 1.